The predicted octanol–water partition coefficient (Wildman–Crippen LogP) is 6.14. The van der Waals surface area contributed by atoms with Gasteiger partial charge in [0, 0.05) is 9.26 Å². The van der Waals surface area contributed by atoms with Gasteiger partial charge in [0.2, 0.25) is 0 Å². The summed E-state index contributed by atoms with van der Waals surface area (Å²) in [5.74, 6) is 0. The minimum absolute atomic E-state index is 0.136. The van der Waals surface area contributed by atoms with Gasteiger partial charge in [0.25, 0.3) is 0 Å². The first-order chi connectivity index (χ1) is 9.98. The topological polar surface area (TPSA) is 26.0 Å². The van der Waals surface area contributed by atoms with E-state index < -0.39 is 0 Å². The van der Waals surface area contributed by atoms with Crippen molar-refractivity contribution in [2.75, 3.05) is 5.73 Å². The Bertz CT molecular complexity index is 656. The molecule has 0 fully saturated rings. The number of hydrogen-bond acceptors (Lipinski definition) is 1. The Balaban J connectivity index is 2.67. The average molecular weight is 407 g/mol. The van der Waals surface area contributed by atoms with Crippen molar-refractivity contribution in [2.45, 2.75) is 52.4 Å². The molecular formula is C20H26IN. The van der Waals surface area contributed by atoms with Crippen LogP contribution in [0.5, 0.6) is 0 Å². The van der Waals surface area contributed by atoms with Gasteiger partial charge in [-0.2, -0.15) is 0 Å². The maximum atomic E-state index is 5.96. The van der Waals surface area contributed by atoms with E-state index in [4.69, 9.17) is 5.73 Å². The highest BCUT2D eigenvalue weighted by Crippen LogP contribution is 2.34. The highest BCUT2D eigenvalue weighted by molar-refractivity contribution is 14.1. The van der Waals surface area contributed by atoms with Gasteiger partial charge in [0.1, 0.15) is 0 Å². The molecule has 0 atom stereocenters. The summed E-state index contributed by atoms with van der Waals surface area (Å²) in [6.45, 7) is 13.6. The SMILES string of the molecule is CC(C)(C)c1cc(-c2ccc(N)c(I)c2)cc(C(C)(C)C)c1. The zero-order valence-corrected chi connectivity index (χ0v) is 16.6. The quantitative estimate of drug-likeness (QED) is 0.446. The number of benzene rings is 2. The zero-order chi connectivity index (χ0) is 16.7. The van der Waals surface area contributed by atoms with Gasteiger partial charge in [-0.3, -0.25) is 0 Å². The number of hydrogen-bond donors (Lipinski definition) is 1. The van der Waals surface area contributed by atoms with Crippen LogP contribution in [-0.2, 0) is 10.8 Å². The smallest absolute Gasteiger partial charge is 0.0450 e. The number of nitrogen functional groups attached to an aromatic ring is 1. The van der Waals surface area contributed by atoms with Crippen molar-refractivity contribution in [3.63, 3.8) is 0 Å². The second-order valence-electron chi connectivity index (χ2n) is 8.04. The summed E-state index contributed by atoms with van der Waals surface area (Å²) in [4.78, 5) is 0. The average Bonchev–Trinajstić information content (AvgIpc) is 2.39. The van der Waals surface area contributed by atoms with E-state index in [1.165, 1.54) is 22.3 Å². The summed E-state index contributed by atoms with van der Waals surface area (Å²) in [7, 11) is 0. The first-order valence-electron chi connectivity index (χ1n) is 7.70. The normalized spacial score (nSPS) is 12.5. The van der Waals surface area contributed by atoms with E-state index in [9.17, 15) is 0 Å². The molecule has 0 aliphatic heterocycles. The number of rotatable bonds is 1. The molecule has 0 saturated carbocycles. The van der Waals surface area contributed by atoms with Crippen molar-refractivity contribution in [1.29, 1.82) is 0 Å². The van der Waals surface area contributed by atoms with E-state index in [1.54, 1.807) is 0 Å². The van der Waals surface area contributed by atoms with Crippen LogP contribution in [0.4, 0.5) is 5.69 Å². The summed E-state index contributed by atoms with van der Waals surface area (Å²) >= 11 is 2.30. The van der Waals surface area contributed by atoms with Crippen LogP contribution in [0.3, 0.4) is 0 Å². The second-order valence-corrected chi connectivity index (χ2v) is 9.20. The number of nitrogens with two attached hydrogens (primary N) is 1. The lowest BCUT2D eigenvalue weighted by Gasteiger charge is -2.26. The third-order valence-electron chi connectivity index (χ3n) is 4.00. The molecule has 0 aromatic heterocycles. The Morgan fingerprint density at radius 2 is 1.23 bits per heavy atom. The monoisotopic (exact) mass is 407 g/mol. The van der Waals surface area contributed by atoms with Gasteiger partial charge in [-0.15, -0.1) is 0 Å². The molecule has 2 rings (SSSR count). The molecule has 0 aliphatic rings. The highest BCUT2D eigenvalue weighted by Gasteiger charge is 2.20. The Kier molecular flexibility index (Phi) is 4.63. The zero-order valence-electron chi connectivity index (χ0n) is 14.4. The molecule has 0 saturated heterocycles. The Hall–Kier alpha value is -1.03. The first kappa shape index (κ1) is 17.3. The summed E-state index contributed by atoms with van der Waals surface area (Å²) in [5.41, 5.74) is 12.3. The minimum Gasteiger partial charge on any atom is -0.398 e. The Labute approximate surface area is 148 Å². The van der Waals surface area contributed by atoms with Crippen molar-refractivity contribution in [1.82, 2.24) is 0 Å². The van der Waals surface area contributed by atoms with Crippen molar-refractivity contribution >= 4 is 28.3 Å². The molecule has 2 aromatic carbocycles. The molecule has 0 spiro atoms. The van der Waals surface area contributed by atoms with E-state index in [0.29, 0.717) is 0 Å². The molecule has 2 heteroatoms. The number of halogens is 1. The van der Waals surface area contributed by atoms with Gasteiger partial charge < -0.3 is 5.73 Å². The molecule has 0 amide bonds. The molecular weight excluding hydrogens is 381 g/mol. The lowest BCUT2D eigenvalue weighted by Crippen LogP contribution is -2.16. The van der Waals surface area contributed by atoms with E-state index >= 15 is 0 Å². The first-order valence-corrected chi connectivity index (χ1v) is 8.78. The fraction of sp³-hybridized carbons (Fsp3) is 0.400. The van der Waals surface area contributed by atoms with Gasteiger partial charge in [-0.1, -0.05) is 65.8 Å². The third-order valence-corrected chi connectivity index (χ3v) is 4.93. The lowest BCUT2D eigenvalue weighted by molar-refractivity contribution is 0.569. The van der Waals surface area contributed by atoms with E-state index in [2.05, 4.69) is 94.5 Å². The third kappa shape index (κ3) is 3.83. The maximum Gasteiger partial charge on any atom is 0.0450 e. The van der Waals surface area contributed by atoms with Crippen LogP contribution < -0.4 is 5.73 Å². The van der Waals surface area contributed by atoms with Gasteiger partial charge in [-0.25, -0.2) is 0 Å². The molecule has 0 aliphatic carbocycles. The molecule has 0 heterocycles. The van der Waals surface area contributed by atoms with Crippen LogP contribution in [0.25, 0.3) is 11.1 Å². The summed E-state index contributed by atoms with van der Waals surface area (Å²) in [6, 6.07) is 13.3. The number of anilines is 1. The Morgan fingerprint density at radius 3 is 1.64 bits per heavy atom. The van der Waals surface area contributed by atoms with Crippen molar-refractivity contribution in [3.8, 4) is 11.1 Å². The summed E-state index contributed by atoms with van der Waals surface area (Å²) < 4.78 is 1.11. The van der Waals surface area contributed by atoms with Crippen LogP contribution in [-0.4, -0.2) is 0 Å². The Morgan fingerprint density at radius 1 is 0.727 bits per heavy atom. The highest BCUT2D eigenvalue weighted by atomic mass is 127. The molecule has 1 nitrogen and oxygen atoms in total. The van der Waals surface area contributed by atoms with Gasteiger partial charge >= 0.3 is 0 Å². The van der Waals surface area contributed by atoms with Gasteiger partial charge in [0.15, 0.2) is 0 Å². The molecule has 0 radical (unpaired) electrons. The summed E-state index contributed by atoms with van der Waals surface area (Å²) in [6.07, 6.45) is 0. The van der Waals surface area contributed by atoms with Crippen molar-refractivity contribution < 1.29 is 0 Å². The fourth-order valence-corrected chi connectivity index (χ4v) is 2.88. The van der Waals surface area contributed by atoms with Crippen LogP contribution in [0.1, 0.15) is 52.7 Å². The lowest BCUT2D eigenvalue weighted by atomic mass is 9.79. The maximum absolute atomic E-state index is 5.96. The molecule has 2 N–H and O–H groups in total. The van der Waals surface area contributed by atoms with Gasteiger partial charge in [0.05, 0.1) is 0 Å². The van der Waals surface area contributed by atoms with E-state index in [0.717, 1.165) is 9.26 Å². The van der Waals surface area contributed by atoms with Crippen molar-refractivity contribution in [3.05, 3.63) is 51.1 Å². The fourth-order valence-electron chi connectivity index (χ4n) is 2.37. The summed E-state index contributed by atoms with van der Waals surface area (Å²) in [5, 5.41) is 0. The molecule has 2 aromatic rings. The van der Waals surface area contributed by atoms with Crippen molar-refractivity contribution in [2.24, 2.45) is 0 Å². The van der Waals surface area contributed by atoms with Crippen LogP contribution in [0.2, 0.25) is 0 Å². The standard InChI is InChI=1S/C20H26IN/c1-19(2,3)15-9-14(10-16(12-15)20(4,5)6)13-7-8-18(22)17(21)11-13/h7-12H,22H2,1-6H3. The predicted molar refractivity (Wildman–Crippen MR) is 106 cm³/mol. The largest absolute Gasteiger partial charge is 0.398 e. The molecule has 118 valence electrons. The van der Waals surface area contributed by atoms with Gasteiger partial charge in [-0.05, 0) is 67.8 Å². The second kappa shape index (κ2) is 5.88. The van der Waals surface area contributed by atoms with Crippen LogP contribution in [0, 0.1) is 3.57 Å². The minimum atomic E-state index is 0.136. The van der Waals surface area contributed by atoms with Crippen LogP contribution in [0.15, 0.2) is 36.4 Å². The molecule has 0 bridgehead atoms. The van der Waals surface area contributed by atoms with Crippen LogP contribution >= 0.6 is 22.6 Å². The van der Waals surface area contributed by atoms with E-state index in [-0.39, 0.29) is 10.8 Å². The molecule has 0 unspecified atom stereocenters. The molecule has 22 heavy (non-hydrogen) atoms. The van der Waals surface area contributed by atoms with E-state index in [1.807, 2.05) is 6.07 Å².